The molecule has 0 bridgehead atoms. The van der Waals surface area contributed by atoms with Gasteiger partial charge >= 0.3 is 0 Å². The first-order chi connectivity index (χ1) is 5.56. The molecule has 1 aliphatic heterocycles. The van der Waals surface area contributed by atoms with E-state index in [9.17, 15) is 4.39 Å². The molecule has 1 rings (SSSR count). The van der Waals surface area contributed by atoms with E-state index in [1.165, 1.54) is 0 Å². The molecule has 72 valence electrons. The Morgan fingerprint density at radius 2 is 2.33 bits per heavy atom. The molecular weight excluding hydrogens is 161 g/mol. The maximum Gasteiger partial charge on any atom is 0.147 e. The van der Waals surface area contributed by atoms with Crippen molar-refractivity contribution in [2.75, 3.05) is 26.2 Å². The number of alkyl halides is 1. The summed E-state index contributed by atoms with van der Waals surface area (Å²) in [6.07, 6.45) is -0.0537. The molecule has 1 saturated heterocycles. The van der Waals surface area contributed by atoms with Crippen molar-refractivity contribution in [1.29, 1.82) is 0 Å². The van der Waals surface area contributed by atoms with Crippen LogP contribution in [0.25, 0.3) is 0 Å². The first kappa shape index (κ1) is 9.89. The number of nitrogens with zero attached hydrogens (tertiary/aromatic N) is 1. The Kier molecular flexibility index (Phi) is 3.04. The van der Waals surface area contributed by atoms with E-state index in [-0.39, 0.29) is 6.54 Å². The van der Waals surface area contributed by atoms with Gasteiger partial charge in [-0.25, -0.2) is 4.39 Å². The van der Waals surface area contributed by atoms with Crippen molar-refractivity contribution < 1.29 is 14.6 Å². The monoisotopic (exact) mass is 177 g/mol. The zero-order chi connectivity index (χ0) is 9.19. The summed E-state index contributed by atoms with van der Waals surface area (Å²) < 4.78 is 13.4. The van der Waals surface area contributed by atoms with Gasteiger partial charge in [-0.3, -0.25) is 4.90 Å². The molecule has 4 heteroatoms. The van der Waals surface area contributed by atoms with E-state index in [2.05, 4.69) is 0 Å². The van der Waals surface area contributed by atoms with Gasteiger partial charge in [-0.05, 0) is 13.3 Å². The van der Waals surface area contributed by atoms with Crippen molar-refractivity contribution >= 4 is 0 Å². The smallest absolute Gasteiger partial charge is 0.147 e. The van der Waals surface area contributed by atoms with Crippen LogP contribution in [0.5, 0.6) is 0 Å². The number of β-amino-alcohol motifs (C(OH)–C–C–N with tert-alkyl or cyclic N) is 1. The molecular formula is C8H16FNO2. The molecule has 12 heavy (non-hydrogen) atoms. The van der Waals surface area contributed by atoms with Crippen molar-refractivity contribution in [3.63, 3.8) is 0 Å². The van der Waals surface area contributed by atoms with Crippen LogP contribution in [-0.4, -0.2) is 53.1 Å². The zero-order valence-corrected chi connectivity index (χ0v) is 7.33. The highest BCUT2D eigenvalue weighted by molar-refractivity contribution is 4.90. The van der Waals surface area contributed by atoms with Crippen molar-refractivity contribution in [3.05, 3.63) is 0 Å². The summed E-state index contributed by atoms with van der Waals surface area (Å²) in [4.78, 5) is 1.83. The molecule has 2 unspecified atom stereocenters. The number of hydrogen-bond donors (Lipinski definition) is 2. The molecule has 1 fully saturated rings. The fraction of sp³-hybridized carbons (Fsp3) is 1.00. The summed E-state index contributed by atoms with van der Waals surface area (Å²) in [6.45, 7) is 2.63. The highest BCUT2D eigenvalue weighted by atomic mass is 19.1. The molecule has 0 aromatic carbocycles. The van der Waals surface area contributed by atoms with Gasteiger partial charge in [0.1, 0.15) is 5.67 Å². The predicted molar refractivity (Wildman–Crippen MR) is 43.7 cm³/mol. The SMILES string of the molecule is CC(O)CN1CCC(F)(CO)C1. The summed E-state index contributed by atoms with van der Waals surface area (Å²) in [7, 11) is 0. The van der Waals surface area contributed by atoms with Gasteiger partial charge in [0, 0.05) is 19.6 Å². The third-order valence-electron chi connectivity index (χ3n) is 2.19. The number of aliphatic hydroxyl groups excluding tert-OH is 2. The molecule has 3 nitrogen and oxygen atoms in total. The van der Waals surface area contributed by atoms with E-state index in [0.717, 1.165) is 0 Å². The summed E-state index contributed by atoms with van der Waals surface area (Å²) >= 11 is 0. The van der Waals surface area contributed by atoms with E-state index in [0.29, 0.717) is 19.5 Å². The largest absolute Gasteiger partial charge is 0.393 e. The van der Waals surface area contributed by atoms with Crippen molar-refractivity contribution in [2.24, 2.45) is 0 Å². The van der Waals surface area contributed by atoms with E-state index < -0.39 is 18.4 Å². The fourth-order valence-corrected chi connectivity index (χ4v) is 1.58. The highest BCUT2D eigenvalue weighted by Crippen LogP contribution is 2.24. The third kappa shape index (κ3) is 2.40. The van der Waals surface area contributed by atoms with E-state index in [1.54, 1.807) is 6.92 Å². The van der Waals surface area contributed by atoms with E-state index >= 15 is 0 Å². The highest BCUT2D eigenvalue weighted by Gasteiger charge is 2.37. The third-order valence-corrected chi connectivity index (χ3v) is 2.19. The molecule has 0 aromatic rings. The summed E-state index contributed by atoms with van der Waals surface area (Å²) in [5, 5.41) is 17.7. The minimum Gasteiger partial charge on any atom is -0.393 e. The maximum atomic E-state index is 13.4. The molecule has 0 aromatic heterocycles. The van der Waals surface area contributed by atoms with Gasteiger partial charge in [-0.2, -0.15) is 0 Å². The fourth-order valence-electron chi connectivity index (χ4n) is 1.58. The summed E-state index contributed by atoms with van der Waals surface area (Å²) in [5.74, 6) is 0. The van der Waals surface area contributed by atoms with Crippen LogP contribution in [0.3, 0.4) is 0 Å². The van der Waals surface area contributed by atoms with Crippen LogP contribution in [0.1, 0.15) is 13.3 Å². The molecule has 0 aliphatic carbocycles. The average Bonchev–Trinajstić information content (AvgIpc) is 2.32. The van der Waals surface area contributed by atoms with Crippen LogP contribution in [0, 0.1) is 0 Å². The first-order valence-corrected chi connectivity index (χ1v) is 4.26. The van der Waals surface area contributed by atoms with Gasteiger partial charge < -0.3 is 10.2 Å². The van der Waals surface area contributed by atoms with Gasteiger partial charge in [0.15, 0.2) is 0 Å². The lowest BCUT2D eigenvalue weighted by Gasteiger charge is -2.19. The van der Waals surface area contributed by atoms with Crippen LogP contribution in [0.4, 0.5) is 4.39 Å². The average molecular weight is 177 g/mol. The Labute approximate surface area is 71.8 Å². The second kappa shape index (κ2) is 3.68. The van der Waals surface area contributed by atoms with E-state index in [4.69, 9.17) is 10.2 Å². The molecule has 1 aliphatic rings. The Hall–Kier alpha value is -0.190. The maximum absolute atomic E-state index is 13.4. The summed E-state index contributed by atoms with van der Waals surface area (Å²) in [5.41, 5.74) is -1.44. The lowest BCUT2D eigenvalue weighted by molar-refractivity contribution is 0.0691. The molecule has 2 atom stereocenters. The Morgan fingerprint density at radius 3 is 2.75 bits per heavy atom. The zero-order valence-electron chi connectivity index (χ0n) is 7.33. The molecule has 0 spiro atoms. The van der Waals surface area contributed by atoms with E-state index in [1.807, 2.05) is 4.90 Å². The Balaban J connectivity index is 2.35. The molecule has 2 N–H and O–H groups in total. The molecule has 0 radical (unpaired) electrons. The standard InChI is InChI=1S/C8H16FNO2/c1-7(12)4-10-3-2-8(9,5-10)6-11/h7,11-12H,2-6H2,1H3. The predicted octanol–water partition coefficient (Wildman–Crippen LogP) is -0.226. The van der Waals surface area contributed by atoms with Crippen molar-refractivity contribution in [1.82, 2.24) is 4.90 Å². The molecule has 0 saturated carbocycles. The van der Waals surface area contributed by atoms with Crippen LogP contribution in [0.15, 0.2) is 0 Å². The Bertz CT molecular complexity index is 154. The van der Waals surface area contributed by atoms with Crippen molar-refractivity contribution in [2.45, 2.75) is 25.1 Å². The minimum atomic E-state index is -1.44. The van der Waals surface area contributed by atoms with Gasteiger partial charge in [-0.1, -0.05) is 0 Å². The lowest BCUT2D eigenvalue weighted by atomic mass is 10.1. The second-order valence-corrected chi connectivity index (χ2v) is 3.64. The minimum absolute atomic E-state index is 0.244. The van der Waals surface area contributed by atoms with Crippen LogP contribution in [0.2, 0.25) is 0 Å². The lowest BCUT2D eigenvalue weighted by Crippen LogP contribution is -2.35. The van der Waals surface area contributed by atoms with Crippen LogP contribution < -0.4 is 0 Å². The number of rotatable bonds is 3. The molecule has 1 heterocycles. The normalized spacial score (nSPS) is 34.0. The first-order valence-electron chi connectivity index (χ1n) is 4.26. The number of likely N-dealkylation sites (tertiary alicyclic amines) is 1. The number of aliphatic hydroxyl groups is 2. The Morgan fingerprint density at radius 1 is 1.67 bits per heavy atom. The number of halogens is 1. The van der Waals surface area contributed by atoms with Crippen molar-refractivity contribution in [3.8, 4) is 0 Å². The van der Waals surface area contributed by atoms with Crippen LogP contribution in [-0.2, 0) is 0 Å². The number of hydrogen-bond acceptors (Lipinski definition) is 3. The van der Waals surface area contributed by atoms with Gasteiger partial charge in [0.05, 0.1) is 12.7 Å². The quantitative estimate of drug-likeness (QED) is 0.626. The van der Waals surface area contributed by atoms with Gasteiger partial charge in [0.25, 0.3) is 0 Å². The summed E-state index contributed by atoms with van der Waals surface area (Å²) in [6, 6.07) is 0. The van der Waals surface area contributed by atoms with Gasteiger partial charge in [0.2, 0.25) is 0 Å². The topological polar surface area (TPSA) is 43.7 Å². The second-order valence-electron chi connectivity index (χ2n) is 3.64. The van der Waals surface area contributed by atoms with Gasteiger partial charge in [-0.15, -0.1) is 0 Å². The molecule has 0 amide bonds. The van der Waals surface area contributed by atoms with Crippen LogP contribution >= 0.6 is 0 Å².